The van der Waals surface area contributed by atoms with Gasteiger partial charge in [-0.1, -0.05) is 19.9 Å². The summed E-state index contributed by atoms with van der Waals surface area (Å²) < 4.78 is 12.5. The molecule has 0 bridgehead atoms. The molecule has 0 radical (unpaired) electrons. The summed E-state index contributed by atoms with van der Waals surface area (Å²) in [6.07, 6.45) is 4.40. The summed E-state index contributed by atoms with van der Waals surface area (Å²) >= 11 is 0. The Morgan fingerprint density at radius 2 is 1.78 bits per heavy atom. The number of rotatable bonds is 3. The zero-order valence-corrected chi connectivity index (χ0v) is 13.9. The van der Waals surface area contributed by atoms with Crippen LogP contribution in [0.3, 0.4) is 0 Å². The van der Waals surface area contributed by atoms with Gasteiger partial charge in [0.2, 0.25) is 0 Å². The van der Waals surface area contributed by atoms with Crippen LogP contribution in [-0.2, 0) is 0 Å². The molecular formula is C13H29N4P. The maximum absolute atomic E-state index is 5.24. The van der Waals surface area contributed by atoms with Gasteiger partial charge in [-0.3, -0.25) is 0 Å². The van der Waals surface area contributed by atoms with Gasteiger partial charge in [0.15, 0.2) is 7.51 Å². The van der Waals surface area contributed by atoms with E-state index in [9.17, 15) is 0 Å². The van der Waals surface area contributed by atoms with Crippen molar-refractivity contribution in [1.82, 2.24) is 14.0 Å². The Labute approximate surface area is 113 Å². The van der Waals surface area contributed by atoms with Gasteiger partial charge in [0.1, 0.15) is 0 Å². The van der Waals surface area contributed by atoms with Crippen molar-refractivity contribution in [2.24, 2.45) is 4.74 Å². The van der Waals surface area contributed by atoms with Crippen LogP contribution in [0.25, 0.3) is 0 Å². The smallest absolute Gasteiger partial charge is 0.192 e. The monoisotopic (exact) mass is 272 g/mol. The molecule has 0 amide bonds. The van der Waals surface area contributed by atoms with Gasteiger partial charge in [-0.2, -0.15) is 0 Å². The minimum absolute atomic E-state index is 0.0237. The van der Waals surface area contributed by atoms with Crippen LogP contribution in [0.5, 0.6) is 0 Å². The Morgan fingerprint density at radius 3 is 2.17 bits per heavy atom. The molecule has 0 saturated carbocycles. The summed E-state index contributed by atoms with van der Waals surface area (Å²) in [7, 11) is 2.59. The van der Waals surface area contributed by atoms with E-state index in [1.54, 1.807) is 0 Å². The maximum Gasteiger partial charge on any atom is 0.192 e. The molecule has 1 aliphatic heterocycles. The average molecular weight is 272 g/mol. The lowest BCUT2D eigenvalue weighted by atomic mass is 10.1. The standard InChI is InChI=1S/C13H29N4P/c1-8-17(9-2)18(14-13(3,4)5)15(6)11-10-12-16(18)7/h10-11H,8-9,12H2,1-7H3. The zero-order chi connectivity index (χ0) is 14.0. The second kappa shape index (κ2) is 5.77. The molecule has 18 heavy (non-hydrogen) atoms. The van der Waals surface area contributed by atoms with Crippen molar-refractivity contribution in [2.45, 2.75) is 40.2 Å². The molecule has 0 fully saturated rings. The summed E-state index contributed by atoms with van der Waals surface area (Å²) in [5.41, 5.74) is -0.0237. The van der Waals surface area contributed by atoms with Crippen molar-refractivity contribution in [3.63, 3.8) is 0 Å². The van der Waals surface area contributed by atoms with E-state index in [0.29, 0.717) is 0 Å². The molecule has 1 atom stereocenters. The third-order valence-corrected chi connectivity index (χ3v) is 7.37. The first-order valence-corrected chi connectivity index (χ1v) is 8.38. The molecule has 1 unspecified atom stereocenters. The van der Waals surface area contributed by atoms with E-state index in [1.165, 1.54) is 0 Å². The summed E-state index contributed by atoms with van der Waals surface area (Å²) in [5, 5.41) is 0. The summed E-state index contributed by atoms with van der Waals surface area (Å²) in [5.74, 6) is 0. The molecule has 1 rings (SSSR count). The first kappa shape index (κ1) is 15.7. The van der Waals surface area contributed by atoms with Crippen LogP contribution in [0.2, 0.25) is 0 Å². The molecule has 0 aromatic heterocycles. The van der Waals surface area contributed by atoms with Crippen LogP contribution in [0.4, 0.5) is 0 Å². The van der Waals surface area contributed by atoms with Crippen LogP contribution in [0, 0.1) is 0 Å². The fraction of sp³-hybridized carbons (Fsp3) is 0.846. The average Bonchev–Trinajstić information content (AvgIpc) is 2.25. The molecule has 1 heterocycles. The lowest BCUT2D eigenvalue weighted by Gasteiger charge is -2.49. The lowest BCUT2D eigenvalue weighted by Crippen LogP contribution is -2.39. The fourth-order valence-corrected chi connectivity index (χ4v) is 6.31. The molecule has 0 aliphatic carbocycles. The van der Waals surface area contributed by atoms with Gasteiger partial charge < -0.3 is 4.67 Å². The Balaban J connectivity index is 3.42. The minimum Gasteiger partial charge on any atom is -0.325 e. The zero-order valence-electron chi connectivity index (χ0n) is 13.0. The molecule has 0 N–H and O–H groups in total. The minimum atomic E-state index is -1.77. The van der Waals surface area contributed by atoms with E-state index in [1.807, 2.05) is 0 Å². The van der Waals surface area contributed by atoms with Gasteiger partial charge in [0.05, 0.1) is 5.54 Å². The topological polar surface area (TPSA) is 22.1 Å². The van der Waals surface area contributed by atoms with Crippen molar-refractivity contribution in [3.05, 3.63) is 12.3 Å². The van der Waals surface area contributed by atoms with Crippen LogP contribution >= 0.6 is 7.51 Å². The van der Waals surface area contributed by atoms with Crippen molar-refractivity contribution in [3.8, 4) is 0 Å². The van der Waals surface area contributed by atoms with Crippen molar-refractivity contribution >= 4 is 7.51 Å². The molecule has 0 aromatic rings. The van der Waals surface area contributed by atoms with Gasteiger partial charge in [0.25, 0.3) is 0 Å². The van der Waals surface area contributed by atoms with Gasteiger partial charge >= 0.3 is 0 Å². The SMILES string of the molecule is CCN(CC)P1(=NC(C)(C)C)N(C)C=CCN1C. The van der Waals surface area contributed by atoms with E-state index in [4.69, 9.17) is 4.74 Å². The van der Waals surface area contributed by atoms with E-state index in [0.717, 1.165) is 19.6 Å². The molecular weight excluding hydrogens is 243 g/mol. The molecule has 106 valence electrons. The quantitative estimate of drug-likeness (QED) is 0.735. The summed E-state index contributed by atoms with van der Waals surface area (Å²) in [4.78, 5) is 0. The molecule has 0 saturated heterocycles. The Kier molecular flexibility index (Phi) is 5.05. The third-order valence-electron chi connectivity index (χ3n) is 3.12. The van der Waals surface area contributed by atoms with Gasteiger partial charge in [-0.15, -0.1) is 0 Å². The van der Waals surface area contributed by atoms with Crippen LogP contribution in [0.15, 0.2) is 17.0 Å². The van der Waals surface area contributed by atoms with Crippen molar-refractivity contribution < 1.29 is 0 Å². The Morgan fingerprint density at radius 1 is 1.22 bits per heavy atom. The van der Waals surface area contributed by atoms with Gasteiger partial charge in [-0.05, 0) is 27.8 Å². The first-order valence-electron chi connectivity index (χ1n) is 6.78. The Bertz CT molecular complexity index is 352. The van der Waals surface area contributed by atoms with E-state index < -0.39 is 7.51 Å². The number of hydrogen-bond donors (Lipinski definition) is 0. The highest BCUT2D eigenvalue weighted by Crippen LogP contribution is 2.60. The van der Waals surface area contributed by atoms with E-state index in [-0.39, 0.29) is 5.54 Å². The molecule has 1 aliphatic rings. The van der Waals surface area contributed by atoms with Gasteiger partial charge in [0, 0.05) is 32.9 Å². The number of hydrogen-bond acceptors (Lipinski definition) is 1. The highest BCUT2D eigenvalue weighted by Gasteiger charge is 2.37. The maximum atomic E-state index is 5.24. The van der Waals surface area contributed by atoms with Gasteiger partial charge in [-0.25, -0.2) is 14.1 Å². The molecule has 0 aromatic carbocycles. The highest BCUT2D eigenvalue weighted by molar-refractivity contribution is 7.59. The molecule has 0 spiro atoms. The predicted molar refractivity (Wildman–Crippen MR) is 81.6 cm³/mol. The lowest BCUT2D eigenvalue weighted by molar-refractivity contribution is 0.386. The first-order chi connectivity index (χ1) is 8.28. The van der Waals surface area contributed by atoms with Crippen molar-refractivity contribution in [2.75, 3.05) is 33.7 Å². The Hall–Kier alpha value is -0.310. The molecule has 4 nitrogen and oxygen atoms in total. The van der Waals surface area contributed by atoms with E-state index in [2.05, 4.69) is 75.0 Å². The largest absolute Gasteiger partial charge is 0.325 e. The second-order valence-corrected chi connectivity index (χ2v) is 8.90. The number of likely N-dealkylation sites (N-methyl/N-ethyl adjacent to an activating group) is 1. The summed E-state index contributed by atoms with van der Waals surface area (Å²) in [6, 6.07) is 0. The normalized spacial score (nSPS) is 25.9. The molecule has 5 heteroatoms. The fourth-order valence-electron chi connectivity index (χ4n) is 2.42. The van der Waals surface area contributed by atoms with E-state index >= 15 is 0 Å². The number of nitrogens with zero attached hydrogens (tertiary/aromatic N) is 4. The second-order valence-electron chi connectivity index (χ2n) is 5.75. The third kappa shape index (κ3) is 2.98. The van der Waals surface area contributed by atoms with Crippen LogP contribution < -0.4 is 0 Å². The van der Waals surface area contributed by atoms with Crippen molar-refractivity contribution in [1.29, 1.82) is 0 Å². The predicted octanol–water partition coefficient (Wildman–Crippen LogP) is 3.46. The van der Waals surface area contributed by atoms with Crippen LogP contribution in [0.1, 0.15) is 34.6 Å². The highest BCUT2D eigenvalue weighted by atomic mass is 31.2. The summed E-state index contributed by atoms with van der Waals surface area (Å²) in [6.45, 7) is 14.1. The van der Waals surface area contributed by atoms with Crippen LogP contribution in [-0.4, -0.2) is 53.3 Å².